The van der Waals surface area contributed by atoms with E-state index in [1.165, 1.54) is 25.2 Å². The molecule has 0 aliphatic carbocycles. The van der Waals surface area contributed by atoms with Gasteiger partial charge in [-0.05, 0) is 12.1 Å². The Labute approximate surface area is 86.2 Å². The summed E-state index contributed by atoms with van der Waals surface area (Å²) in [5.74, 6) is -0.998. The maximum absolute atomic E-state index is 13.2. The van der Waals surface area contributed by atoms with E-state index < -0.39 is 17.8 Å². The van der Waals surface area contributed by atoms with Gasteiger partial charge in [-0.25, -0.2) is 9.18 Å². The number of anilines is 1. The molecule has 0 unspecified atom stereocenters. The van der Waals surface area contributed by atoms with Crippen molar-refractivity contribution in [3.8, 4) is 0 Å². The van der Waals surface area contributed by atoms with Crippen LogP contribution in [0.15, 0.2) is 24.3 Å². The summed E-state index contributed by atoms with van der Waals surface area (Å²) in [5, 5.41) is 8.91. The summed E-state index contributed by atoms with van der Waals surface area (Å²) < 4.78 is 13.2. The van der Waals surface area contributed by atoms with Gasteiger partial charge in [0, 0.05) is 7.05 Å². The molecular formula is C9H11FN4O. The first-order valence-electron chi connectivity index (χ1n) is 4.15. The molecule has 0 aromatic heterocycles. The largest absolute Gasteiger partial charge is 0.370 e. The molecule has 0 saturated carbocycles. The second-order valence-corrected chi connectivity index (χ2v) is 2.85. The summed E-state index contributed by atoms with van der Waals surface area (Å²) in [6.07, 6.45) is 0. The third kappa shape index (κ3) is 2.67. The first kappa shape index (κ1) is 11.0. The third-order valence-corrected chi connectivity index (χ3v) is 1.76. The highest BCUT2D eigenvalue weighted by atomic mass is 19.1. The Balaban J connectivity index is 2.85. The van der Waals surface area contributed by atoms with Crippen LogP contribution in [0.3, 0.4) is 0 Å². The quantitative estimate of drug-likeness (QED) is 0.474. The number of carbonyl (C=O) groups excluding carboxylic acids is 1. The molecule has 0 saturated heterocycles. The number of rotatable bonds is 1. The van der Waals surface area contributed by atoms with E-state index in [2.05, 4.69) is 0 Å². The van der Waals surface area contributed by atoms with Gasteiger partial charge < -0.3 is 5.73 Å². The van der Waals surface area contributed by atoms with Gasteiger partial charge in [0.05, 0.1) is 5.69 Å². The summed E-state index contributed by atoms with van der Waals surface area (Å²) in [7, 11) is 1.39. The lowest BCUT2D eigenvalue weighted by molar-refractivity contribution is 0.251. The Morgan fingerprint density at radius 3 is 2.67 bits per heavy atom. The van der Waals surface area contributed by atoms with E-state index in [0.29, 0.717) is 0 Å². The van der Waals surface area contributed by atoms with Crippen LogP contribution < -0.4 is 16.0 Å². The first-order valence-corrected chi connectivity index (χ1v) is 4.15. The normalized spacial score (nSPS) is 9.47. The second kappa shape index (κ2) is 4.41. The number of benzene rings is 1. The molecule has 1 aromatic carbocycles. The standard InChI is InChI=1S/C9H11FN4O/c1-14(9(15)13-8(11)12)7-5-3-2-4-6(7)10/h2-5H,1H3,(H4,11,12,13,15). The van der Waals surface area contributed by atoms with E-state index in [4.69, 9.17) is 11.1 Å². The molecule has 0 spiro atoms. The van der Waals surface area contributed by atoms with Gasteiger partial charge in [-0.3, -0.25) is 15.6 Å². The topological polar surface area (TPSA) is 82.2 Å². The highest BCUT2D eigenvalue weighted by Gasteiger charge is 2.14. The maximum Gasteiger partial charge on any atom is 0.328 e. The van der Waals surface area contributed by atoms with Crippen molar-refractivity contribution in [2.24, 2.45) is 5.73 Å². The smallest absolute Gasteiger partial charge is 0.328 e. The SMILES string of the molecule is CN(C(=O)NC(=N)N)c1ccccc1F. The lowest BCUT2D eigenvalue weighted by atomic mass is 10.3. The van der Waals surface area contributed by atoms with Crippen LogP contribution >= 0.6 is 0 Å². The van der Waals surface area contributed by atoms with E-state index in [0.717, 1.165) is 4.90 Å². The van der Waals surface area contributed by atoms with Crippen LogP contribution in [0.25, 0.3) is 0 Å². The number of nitrogens with two attached hydrogens (primary N) is 1. The van der Waals surface area contributed by atoms with Crippen molar-refractivity contribution in [2.75, 3.05) is 11.9 Å². The van der Waals surface area contributed by atoms with Crippen molar-refractivity contribution in [1.82, 2.24) is 5.32 Å². The van der Waals surface area contributed by atoms with Crippen molar-refractivity contribution in [3.63, 3.8) is 0 Å². The number of halogens is 1. The minimum atomic E-state index is -0.660. The van der Waals surface area contributed by atoms with Crippen molar-refractivity contribution >= 4 is 17.7 Å². The van der Waals surface area contributed by atoms with E-state index in [1.54, 1.807) is 6.07 Å². The van der Waals surface area contributed by atoms with Crippen LogP contribution in [0, 0.1) is 11.2 Å². The summed E-state index contributed by atoms with van der Waals surface area (Å²) in [6, 6.07) is 5.17. The fourth-order valence-corrected chi connectivity index (χ4v) is 1.03. The van der Waals surface area contributed by atoms with Gasteiger partial charge in [0.2, 0.25) is 0 Å². The van der Waals surface area contributed by atoms with Crippen LogP contribution in [0.2, 0.25) is 0 Å². The average molecular weight is 210 g/mol. The molecule has 1 rings (SSSR count). The fraction of sp³-hybridized carbons (Fsp3) is 0.111. The molecule has 0 heterocycles. The Kier molecular flexibility index (Phi) is 3.22. The highest BCUT2D eigenvalue weighted by Crippen LogP contribution is 2.16. The molecule has 0 fully saturated rings. The van der Waals surface area contributed by atoms with E-state index in [1.807, 2.05) is 5.32 Å². The zero-order valence-electron chi connectivity index (χ0n) is 8.12. The summed E-state index contributed by atoms with van der Waals surface area (Å²) in [6.45, 7) is 0. The summed E-state index contributed by atoms with van der Waals surface area (Å²) >= 11 is 0. The molecule has 0 radical (unpaired) electrons. The zero-order valence-corrected chi connectivity index (χ0v) is 8.12. The van der Waals surface area contributed by atoms with Crippen LogP contribution in [0.4, 0.5) is 14.9 Å². The number of urea groups is 1. The van der Waals surface area contributed by atoms with Gasteiger partial charge >= 0.3 is 6.03 Å². The Morgan fingerprint density at radius 2 is 2.13 bits per heavy atom. The molecular weight excluding hydrogens is 199 g/mol. The van der Waals surface area contributed by atoms with E-state index in [-0.39, 0.29) is 5.69 Å². The molecule has 0 aliphatic heterocycles. The van der Waals surface area contributed by atoms with Gasteiger partial charge in [0.1, 0.15) is 5.82 Å². The monoisotopic (exact) mass is 210 g/mol. The minimum absolute atomic E-state index is 0.122. The van der Waals surface area contributed by atoms with Gasteiger partial charge in [0.15, 0.2) is 5.96 Å². The number of amides is 2. The second-order valence-electron chi connectivity index (χ2n) is 2.85. The number of guanidine groups is 1. The molecule has 15 heavy (non-hydrogen) atoms. The van der Waals surface area contributed by atoms with Crippen molar-refractivity contribution in [2.45, 2.75) is 0 Å². The lowest BCUT2D eigenvalue weighted by Gasteiger charge is -2.17. The predicted octanol–water partition coefficient (Wildman–Crippen LogP) is 0.865. The van der Waals surface area contributed by atoms with E-state index >= 15 is 0 Å². The predicted molar refractivity (Wildman–Crippen MR) is 55.2 cm³/mol. The minimum Gasteiger partial charge on any atom is -0.370 e. The van der Waals surface area contributed by atoms with Crippen LogP contribution in [0.5, 0.6) is 0 Å². The van der Waals surface area contributed by atoms with Gasteiger partial charge in [-0.2, -0.15) is 0 Å². The van der Waals surface area contributed by atoms with Crippen molar-refractivity contribution in [3.05, 3.63) is 30.1 Å². The Hall–Kier alpha value is -2.11. The molecule has 4 N–H and O–H groups in total. The molecule has 1 aromatic rings. The first-order chi connectivity index (χ1) is 7.02. The molecule has 2 amide bonds. The molecule has 0 bridgehead atoms. The third-order valence-electron chi connectivity index (χ3n) is 1.76. The maximum atomic E-state index is 13.2. The van der Waals surface area contributed by atoms with Gasteiger partial charge in [-0.15, -0.1) is 0 Å². The summed E-state index contributed by atoms with van der Waals surface area (Å²) in [4.78, 5) is 12.4. The Bertz CT molecular complexity index is 393. The molecule has 80 valence electrons. The van der Waals surface area contributed by atoms with Crippen molar-refractivity contribution in [1.29, 1.82) is 5.41 Å². The average Bonchev–Trinajstić information content (AvgIpc) is 2.16. The molecule has 0 atom stereocenters. The van der Waals surface area contributed by atoms with Crippen LogP contribution in [-0.2, 0) is 0 Å². The zero-order chi connectivity index (χ0) is 11.4. The fourth-order valence-electron chi connectivity index (χ4n) is 1.03. The number of nitrogens with one attached hydrogen (secondary N) is 2. The lowest BCUT2D eigenvalue weighted by Crippen LogP contribution is -2.44. The molecule has 0 aliphatic rings. The van der Waals surface area contributed by atoms with Gasteiger partial charge in [-0.1, -0.05) is 12.1 Å². The number of hydrogen-bond acceptors (Lipinski definition) is 2. The number of para-hydroxylation sites is 1. The van der Waals surface area contributed by atoms with Gasteiger partial charge in [0.25, 0.3) is 0 Å². The Morgan fingerprint density at radius 1 is 1.53 bits per heavy atom. The molecule has 5 nitrogen and oxygen atoms in total. The number of carbonyl (C=O) groups is 1. The number of hydrogen-bond donors (Lipinski definition) is 3. The van der Waals surface area contributed by atoms with Crippen LogP contribution in [-0.4, -0.2) is 19.0 Å². The van der Waals surface area contributed by atoms with Crippen LogP contribution in [0.1, 0.15) is 0 Å². The van der Waals surface area contributed by atoms with E-state index in [9.17, 15) is 9.18 Å². The highest BCUT2D eigenvalue weighted by molar-refractivity contribution is 6.02. The number of nitrogens with zero attached hydrogens (tertiary/aromatic N) is 1. The van der Waals surface area contributed by atoms with Crippen molar-refractivity contribution < 1.29 is 9.18 Å². The summed E-state index contributed by atoms with van der Waals surface area (Å²) in [5.41, 5.74) is 5.10. The molecule has 6 heteroatoms.